The molecule has 31 heavy (non-hydrogen) atoms. The van der Waals surface area contributed by atoms with E-state index >= 15 is 0 Å². The Hall–Kier alpha value is -2.91. The molecular weight excluding hydrogens is 388 g/mol. The number of carbonyl (C=O) groups is 1. The zero-order valence-corrected chi connectivity index (χ0v) is 18.6. The summed E-state index contributed by atoms with van der Waals surface area (Å²) in [6, 6.07) is 10.9. The molecule has 0 aliphatic heterocycles. The van der Waals surface area contributed by atoms with Crippen LogP contribution in [0, 0.1) is 17.8 Å². The van der Waals surface area contributed by atoms with Crippen molar-refractivity contribution in [1.29, 1.82) is 0 Å². The molecule has 1 saturated carbocycles. The summed E-state index contributed by atoms with van der Waals surface area (Å²) < 4.78 is 5.08. The van der Waals surface area contributed by atoms with Crippen molar-refractivity contribution in [2.24, 2.45) is 5.92 Å². The summed E-state index contributed by atoms with van der Waals surface area (Å²) in [4.78, 5) is 13.6. The lowest BCUT2D eigenvalue weighted by Gasteiger charge is -2.29. The second kappa shape index (κ2) is 12.1. The van der Waals surface area contributed by atoms with Crippen molar-refractivity contribution in [2.75, 3.05) is 31.5 Å². The summed E-state index contributed by atoms with van der Waals surface area (Å²) in [6.45, 7) is 7.75. The molecule has 0 spiro atoms. The third-order valence-corrected chi connectivity index (χ3v) is 5.52. The molecule has 6 heteroatoms. The van der Waals surface area contributed by atoms with E-state index in [1.54, 1.807) is 18.2 Å². The van der Waals surface area contributed by atoms with E-state index in [2.05, 4.69) is 39.2 Å². The van der Waals surface area contributed by atoms with Crippen LogP contribution < -0.4 is 10.1 Å². The van der Waals surface area contributed by atoms with Gasteiger partial charge in [-0.15, -0.1) is 10.2 Å². The molecule has 0 atom stereocenters. The SMILES string of the molecule is CCN(CCNc1ccc(C#Cc2cccc(OC(C)=O)c2)nn1)CC1CCCCC1. The zero-order valence-electron chi connectivity index (χ0n) is 18.6. The number of carbonyl (C=O) groups excluding carboxylic acids is 1. The highest BCUT2D eigenvalue weighted by molar-refractivity contribution is 5.69. The molecule has 0 bridgehead atoms. The second-order valence-corrected chi connectivity index (χ2v) is 8.00. The van der Waals surface area contributed by atoms with Crippen molar-refractivity contribution in [1.82, 2.24) is 15.1 Å². The van der Waals surface area contributed by atoms with Crippen LogP contribution in [-0.4, -0.2) is 47.2 Å². The lowest BCUT2D eigenvalue weighted by molar-refractivity contribution is -0.131. The standard InChI is InChI=1S/C25H32N4O2/c1-3-29(19-22-8-5-4-6-9-22)17-16-26-25-15-14-23(27-28-25)13-12-21-10-7-11-24(18-21)31-20(2)30/h7,10-11,14-15,18,22H,3-6,8-9,16-17,19H2,1-2H3,(H,26,28). The Morgan fingerprint density at radius 1 is 1.16 bits per heavy atom. The number of aromatic nitrogens is 2. The van der Waals surface area contributed by atoms with Crippen LogP contribution in [0.15, 0.2) is 36.4 Å². The highest BCUT2D eigenvalue weighted by Gasteiger charge is 2.16. The van der Waals surface area contributed by atoms with Gasteiger partial charge in [0.2, 0.25) is 0 Å². The summed E-state index contributed by atoms with van der Waals surface area (Å²) in [7, 11) is 0. The van der Waals surface area contributed by atoms with Crippen LogP contribution in [0.4, 0.5) is 5.82 Å². The molecule has 0 amide bonds. The quantitative estimate of drug-likeness (QED) is 0.394. The Morgan fingerprint density at radius 3 is 2.71 bits per heavy atom. The van der Waals surface area contributed by atoms with Crippen molar-refractivity contribution in [3.63, 3.8) is 0 Å². The van der Waals surface area contributed by atoms with Crippen LogP contribution >= 0.6 is 0 Å². The molecule has 6 nitrogen and oxygen atoms in total. The van der Waals surface area contributed by atoms with Gasteiger partial charge in [-0.2, -0.15) is 0 Å². The van der Waals surface area contributed by atoms with Crippen molar-refractivity contribution in [3.8, 4) is 17.6 Å². The number of benzene rings is 1. The molecule has 1 fully saturated rings. The van der Waals surface area contributed by atoms with Crippen LogP contribution in [0.1, 0.15) is 57.2 Å². The fourth-order valence-corrected chi connectivity index (χ4v) is 3.89. The topological polar surface area (TPSA) is 67.3 Å². The van der Waals surface area contributed by atoms with Crippen LogP contribution in [0.2, 0.25) is 0 Å². The van der Waals surface area contributed by atoms with Gasteiger partial charge in [0.05, 0.1) is 0 Å². The normalized spacial score (nSPS) is 14.0. The first-order valence-electron chi connectivity index (χ1n) is 11.2. The minimum atomic E-state index is -0.352. The third kappa shape index (κ3) is 8.03. The fourth-order valence-electron chi connectivity index (χ4n) is 3.89. The van der Waals surface area contributed by atoms with Crippen molar-refractivity contribution < 1.29 is 9.53 Å². The first-order valence-corrected chi connectivity index (χ1v) is 11.2. The number of esters is 1. The molecule has 1 aliphatic rings. The minimum absolute atomic E-state index is 0.352. The van der Waals surface area contributed by atoms with Crippen molar-refractivity contribution >= 4 is 11.8 Å². The highest BCUT2D eigenvalue weighted by Crippen LogP contribution is 2.24. The lowest BCUT2D eigenvalue weighted by atomic mass is 9.89. The monoisotopic (exact) mass is 420 g/mol. The molecule has 0 unspecified atom stereocenters. The largest absolute Gasteiger partial charge is 0.427 e. The molecular formula is C25H32N4O2. The molecule has 2 aromatic rings. The Kier molecular flexibility index (Phi) is 8.86. The van der Waals surface area contributed by atoms with Crippen molar-refractivity contribution in [2.45, 2.75) is 46.0 Å². The number of hydrogen-bond acceptors (Lipinski definition) is 6. The van der Waals surface area contributed by atoms with Crippen LogP contribution in [0.3, 0.4) is 0 Å². The maximum Gasteiger partial charge on any atom is 0.308 e. The number of rotatable bonds is 8. The van der Waals surface area contributed by atoms with Gasteiger partial charge in [-0.3, -0.25) is 4.79 Å². The third-order valence-electron chi connectivity index (χ3n) is 5.52. The number of hydrogen-bond donors (Lipinski definition) is 1. The predicted octanol–water partition coefficient (Wildman–Crippen LogP) is 4.12. The zero-order chi connectivity index (χ0) is 21.9. The molecule has 3 rings (SSSR count). The molecule has 1 N–H and O–H groups in total. The van der Waals surface area contributed by atoms with E-state index in [0.717, 1.165) is 36.9 Å². The van der Waals surface area contributed by atoms with Gasteiger partial charge in [0.15, 0.2) is 0 Å². The van der Waals surface area contributed by atoms with Gasteiger partial charge >= 0.3 is 5.97 Å². The summed E-state index contributed by atoms with van der Waals surface area (Å²) in [5.74, 6) is 7.78. The lowest BCUT2D eigenvalue weighted by Crippen LogP contribution is -2.34. The van der Waals surface area contributed by atoms with E-state index < -0.39 is 0 Å². The van der Waals surface area contributed by atoms with Gasteiger partial charge < -0.3 is 15.0 Å². The fraction of sp³-hybridized carbons (Fsp3) is 0.480. The molecule has 1 aromatic heterocycles. The molecule has 1 aliphatic carbocycles. The van der Waals surface area contributed by atoms with E-state index in [1.807, 2.05) is 18.2 Å². The molecule has 1 aromatic carbocycles. The van der Waals surface area contributed by atoms with Gasteiger partial charge in [0, 0.05) is 32.1 Å². The van der Waals surface area contributed by atoms with Crippen molar-refractivity contribution in [3.05, 3.63) is 47.7 Å². The predicted molar refractivity (Wildman–Crippen MR) is 123 cm³/mol. The Balaban J connectivity index is 1.47. The van der Waals surface area contributed by atoms with Crippen LogP contribution in [-0.2, 0) is 4.79 Å². The first-order chi connectivity index (χ1) is 15.1. The van der Waals surface area contributed by atoms with E-state index in [4.69, 9.17) is 4.74 Å². The summed E-state index contributed by atoms with van der Waals surface area (Å²) >= 11 is 0. The van der Waals surface area contributed by atoms with E-state index in [1.165, 1.54) is 45.6 Å². The molecule has 164 valence electrons. The van der Waals surface area contributed by atoms with Crippen LogP contribution in [0.25, 0.3) is 0 Å². The molecule has 1 heterocycles. The summed E-state index contributed by atoms with van der Waals surface area (Å²) in [5.41, 5.74) is 1.34. The van der Waals surface area contributed by atoms with E-state index in [9.17, 15) is 4.79 Å². The van der Waals surface area contributed by atoms with E-state index in [0.29, 0.717) is 11.4 Å². The van der Waals surface area contributed by atoms with Gasteiger partial charge in [-0.25, -0.2) is 0 Å². The second-order valence-electron chi connectivity index (χ2n) is 8.00. The Bertz CT molecular complexity index is 896. The summed E-state index contributed by atoms with van der Waals surface area (Å²) in [6.07, 6.45) is 6.95. The van der Waals surface area contributed by atoms with Gasteiger partial charge in [-0.05, 0) is 61.6 Å². The Morgan fingerprint density at radius 2 is 2.00 bits per heavy atom. The first kappa shape index (κ1) is 22.8. The van der Waals surface area contributed by atoms with Gasteiger partial charge in [-0.1, -0.05) is 38.2 Å². The number of nitrogens with zero attached hydrogens (tertiary/aromatic N) is 3. The average molecular weight is 421 g/mol. The van der Waals surface area contributed by atoms with Gasteiger partial charge in [0.25, 0.3) is 0 Å². The smallest absolute Gasteiger partial charge is 0.308 e. The number of likely N-dealkylation sites (N-methyl/N-ethyl adjacent to an activating group) is 1. The van der Waals surface area contributed by atoms with Gasteiger partial charge in [0.1, 0.15) is 17.3 Å². The minimum Gasteiger partial charge on any atom is -0.427 e. The maximum absolute atomic E-state index is 11.1. The number of anilines is 1. The number of ether oxygens (including phenoxy) is 1. The molecule has 0 radical (unpaired) electrons. The summed E-state index contributed by atoms with van der Waals surface area (Å²) in [5, 5.41) is 11.8. The van der Waals surface area contributed by atoms with Crippen LogP contribution in [0.5, 0.6) is 5.75 Å². The highest BCUT2D eigenvalue weighted by atomic mass is 16.5. The Labute approximate surface area is 185 Å². The number of nitrogens with one attached hydrogen (secondary N) is 1. The maximum atomic E-state index is 11.1. The van der Waals surface area contributed by atoms with E-state index in [-0.39, 0.29) is 5.97 Å². The molecule has 0 saturated heterocycles. The average Bonchev–Trinajstić information content (AvgIpc) is 2.78.